The van der Waals surface area contributed by atoms with E-state index in [4.69, 9.17) is 10.00 Å². The average Bonchev–Trinajstić information content (AvgIpc) is 2.18. The van der Waals surface area contributed by atoms with E-state index >= 15 is 0 Å². The van der Waals surface area contributed by atoms with Crippen LogP contribution in [0.5, 0.6) is 0 Å². The lowest BCUT2D eigenvalue weighted by atomic mass is 10.1. The van der Waals surface area contributed by atoms with Crippen LogP contribution < -0.4 is 5.32 Å². The molecule has 5 heteroatoms. The minimum absolute atomic E-state index is 0.223. The van der Waals surface area contributed by atoms with E-state index in [1.807, 2.05) is 20.8 Å². The van der Waals surface area contributed by atoms with Crippen LogP contribution in [-0.4, -0.2) is 41.8 Å². The van der Waals surface area contributed by atoms with E-state index < -0.39 is 5.60 Å². The number of likely N-dealkylation sites (tertiary alicyclic amines) is 1. The minimum atomic E-state index is -0.442. The van der Waals surface area contributed by atoms with Crippen molar-refractivity contribution in [3.8, 4) is 6.07 Å². The van der Waals surface area contributed by atoms with Gasteiger partial charge in [-0.1, -0.05) is 6.92 Å². The Morgan fingerprint density at radius 2 is 2.17 bits per heavy atom. The van der Waals surface area contributed by atoms with E-state index in [-0.39, 0.29) is 18.2 Å². The van der Waals surface area contributed by atoms with Gasteiger partial charge in [-0.3, -0.25) is 0 Å². The number of carbonyl (C=O) groups is 1. The van der Waals surface area contributed by atoms with E-state index in [1.54, 1.807) is 4.90 Å². The van der Waals surface area contributed by atoms with E-state index in [0.717, 1.165) is 6.42 Å². The SMILES string of the molecule is CCC(CC#N)NC1CN(C(=O)OC(C)(C)C)C1. The number of rotatable bonds is 4. The van der Waals surface area contributed by atoms with E-state index in [2.05, 4.69) is 18.3 Å². The molecule has 0 aromatic carbocycles. The van der Waals surface area contributed by atoms with Crippen molar-refractivity contribution >= 4 is 6.09 Å². The predicted molar refractivity (Wildman–Crippen MR) is 69.0 cm³/mol. The van der Waals surface area contributed by atoms with Crippen molar-refractivity contribution in [2.45, 2.75) is 58.2 Å². The van der Waals surface area contributed by atoms with Gasteiger partial charge in [-0.05, 0) is 27.2 Å². The van der Waals surface area contributed by atoms with Gasteiger partial charge in [-0.2, -0.15) is 5.26 Å². The third-order valence-corrected chi connectivity index (χ3v) is 2.84. The predicted octanol–water partition coefficient (Wildman–Crippen LogP) is 1.89. The van der Waals surface area contributed by atoms with Crippen LogP contribution in [0.2, 0.25) is 0 Å². The molecule has 1 N–H and O–H groups in total. The van der Waals surface area contributed by atoms with Gasteiger partial charge >= 0.3 is 6.09 Å². The molecule has 1 saturated heterocycles. The number of hydrogen-bond donors (Lipinski definition) is 1. The van der Waals surface area contributed by atoms with Crippen LogP contribution in [0.3, 0.4) is 0 Å². The molecule has 102 valence electrons. The monoisotopic (exact) mass is 253 g/mol. The number of nitrogens with zero attached hydrogens (tertiary/aromatic N) is 2. The van der Waals surface area contributed by atoms with E-state index in [9.17, 15) is 4.79 Å². The maximum absolute atomic E-state index is 11.7. The van der Waals surface area contributed by atoms with E-state index in [1.165, 1.54) is 0 Å². The first-order chi connectivity index (χ1) is 8.35. The van der Waals surface area contributed by atoms with Crippen molar-refractivity contribution in [3.63, 3.8) is 0 Å². The summed E-state index contributed by atoms with van der Waals surface area (Å²) < 4.78 is 5.28. The number of nitriles is 1. The van der Waals surface area contributed by atoms with Crippen LogP contribution in [0.15, 0.2) is 0 Å². The van der Waals surface area contributed by atoms with E-state index in [0.29, 0.717) is 19.5 Å². The molecule has 1 rings (SSSR count). The molecule has 0 aliphatic carbocycles. The van der Waals surface area contributed by atoms with Crippen molar-refractivity contribution in [1.29, 1.82) is 5.26 Å². The first kappa shape index (κ1) is 14.8. The van der Waals surface area contributed by atoms with Crippen LogP contribution in [0.25, 0.3) is 0 Å². The van der Waals surface area contributed by atoms with Crippen LogP contribution in [0, 0.1) is 11.3 Å². The molecule has 0 spiro atoms. The van der Waals surface area contributed by atoms with Gasteiger partial charge in [-0.15, -0.1) is 0 Å². The molecule has 1 aliphatic heterocycles. The highest BCUT2D eigenvalue weighted by Gasteiger charge is 2.34. The van der Waals surface area contributed by atoms with Gasteiger partial charge in [0.1, 0.15) is 5.60 Å². The number of amides is 1. The summed E-state index contributed by atoms with van der Waals surface area (Å²) in [5.41, 5.74) is -0.442. The molecular formula is C13H23N3O2. The summed E-state index contributed by atoms with van der Waals surface area (Å²) in [5.74, 6) is 0. The van der Waals surface area contributed by atoms with Gasteiger partial charge in [0.05, 0.1) is 12.5 Å². The second-order valence-electron chi connectivity index (χ2n) is 5.72. The average molecular weight is 253 g/mol. The fourth-order valence-corrected chi connectivity index (χ4v) is 1.82. The molecule has 0 aromatic heterocycles. The quantitative estimate of drug-likeness (QED) is 0.831. The van der Waals surface area contributed by atoms with Gasteiger partial charge in [0, 0.05) is 25.2 Å². The summed E-state index contributed by atoms with van der Waals surface area (Å²) in [4.78, 5) is 13.4. The Hall–Kier alpha value is -1.28. The summed E-state index contributed by atoms with van der Waals surface area (Å²) in [6.45, 7) is 8.97. The Bertz CT molecular complexity index is 324. The molecule has 1 fully saturated rings. The molecule has 18 heavy (non-hydrogen) atoms. The topological polar surface area (TPSA) is 65.4 Å². The normalized spacial score (nSPS) is 17.8. The van der Waals surface area contributed by atoms with Crippen LogP contribution in [0.1, 0.15) is 40.5 Å². The number of nitrogens with one attached hydrogen (secondary N) is 1. The van der Waals surface area contributed by atoms with Crippen LogP contribution >= 0.6 is 0 Å². The zero-order valence-corrected chi connectivity index (χ0v) is 11.7. The Labute approximate surface area is 109 Å². The molecule has 1 unspecified atom stereocenters. The number of ether oxygens (including phenoxy) is 1. The second-order valence-corrected chi connectivity index (χ2v) is 5.72. The molecule has 1 amide bonds. The van der Waals surface area contributed by atoms with Crippen molar-refractivity contribution in [3.05, 3.63) is 0 Å². The molecule has 0 bridgehead atoms. The van der Waals surface area contributed by atoms with Gasteiger partial charge in [0.15, 0.2) is 0 Å². The summed E-state index contributed by atoms with van der Waals surface area (Å²) >= 11 is 0. The Morgan fingerprint density at radius 1 is 1.56 bits per heavy atom. The molecule has 0 saturated carbocycles. The van der Waals surface area contributed by atoms with Gasteiger partial charge in [-0.25, -0.2) is 4.79 Å². The van der Waals surface area contributed by atoms with Crippen LogP contribution in [0.4, 0.5) is 4.79 Å². The number of hydrogen-bond acceptors (Lipinski definition) is 4. The molecule has 1 heterocycles. The largest absolute Gasteiger partial charge is 0.444 e. The maximum atomic E-state index is 11.7. The first-order valence-corrected chi connectivity index (χ1v) is 6.46. The van der Waals surface area contributed by atoms with Gasteiger partial charge < -0.3 is 15.0 Å². The lowest BCUT2D eigenvalue weighted by molar-refractivity contribution is 0.00416. The Morgan fingerprint density at radius 3 is 2.61 bits per heavy atom. The van der Waals surface area contributed by atoms with Crippen molar-refractivity contribution < 1.29 is 9.53 Å². The molecular weight excluding hydrogens is 230 g/mol. The molecule has 1 atom stereocenters. The number of carbonyl (C=O) groups excluding carboxylic acids is 1. The smallest absolute Gasteiger partial charge is 0.410 e. The third kappa shape index (κ3) is 4.53. The third-order valence-electron chi connectivity index (χ3n) is 2.84. The van der Waals surface area contributed by atoms with Crippen molar-refractivity contribution in [2.75, 3.05) is 13.1 Å². The highest BCUT2D eigenvalue weighted by atomic mass is 16.6. The molecule has 5 nitrogen and oxygen atoms in total. The highest BCUT2D eigenvalue weighted by molar-refractivity contribution is 5.69. The summed E-state index contributed by atoms with van der Waals surface area (Å²) in [6.07, 6.45) is 1.18. The highest BCUT2D eigenvalue weighted by Crippen LogP contribution is 2.16. The van der Waals surface area contributed by atoms with Crippen molar-refractivity contribution in [1.82, 2.24) is 10.2 Å². The molecule has 0 radical (unpaired) electrons. The zero-order valence-electron chi connectivity index (χ0n) is 11.7. The maximum Gasteiger partial charge on any atom is 0.410 e. The fraction of sp³-hybridized carbons (Fsp3) is 0.846. The Kier molecular flexibility index (Phi) is 4.97. The molecule has 1 aliphatic rings. The van der Waals surface area contributed by atoms with Gasteiger partial charge in [0.25, 0.3) is 0 Å². The molecule has 0 aromatic rings. The first-order valence-electron chi connectivity index (χ1n) is 6.46. The lowest BCUT2D eigenvalue weighted by Crippen LogP contribution is -2.62. The van der Waals surface area contributed by atoms with Gasteiger partial charge in [0.2, 0.25) is 0 Å². The van der Waals surface area contributed by atoms with Crippen LogP contribution in [-0.2, 0) is 4.74 Å². The second kappa shape index (κ2) is 6.05. The fourth-order valence-electron chi connectivity index (χ4n) is 1.82. The summed E-state index contributed by atoms with van der Waals surface area (Å²) in [7, 11) is 0. The standard InChI is InChI=1S/C13H23N3O2/c1-5-10(6-7-14)15-11-8-16(9-11)12(17)18-13(2,3)4/h10-11,15H,5-6,8-9H2,1-4H3. The Balaban J connectivity index is 2.27. The summed E-state index contributed by atoms with van der Waals surface area (Å²) in [6, 6.07) is 2.68. The minimum Gasteiger partial charge on any atom is -0.444 e. The lowest BCUT2D eigenvalue weighted by Gasteiger charge is -2.41. The van der Waals surface area contributed by atoms with Crippen molar-refractivity contribution in [2.24, 2.45) is 0 Å². The summed E-state index contributed by atoms with van der Waals surface area (Å²) in [5, 5.41) is 12.0. The zero-order chi connectivity index (χ0) is 13.8.